The molecular weight excluding hydrogens is 130 g/mol. The van der Waals surface area contributed by atoms with E-state index in [1.165, 1.54) is 6.08 Å². The van der Waals surface area contributed by atoms with Gasteiger partial charge in [0.05, 0.1) is 11.9 Å². The molecule has 0 unspecified atom stereocenters. The lowest BCUT2D eigenvalue weighted by molar-refractivity contribution is -0.104. The Morgan fingerprint density at radius 3 is 3.00 bits per heavy atom. The van der Waals surface area contributed by atoms with Crippen LogP contribution in [0.4, 0.5) is 0 Å². The van der Waals surface area contributed by atoms with E-state index in [4.69, 9.17) is 0 Å². The van der Waals surface area contributed by atoms with Gasteiger partial charge in [-0.1, -0.05) is 5.21 Å². The van der Waals surface area contributed by atoms with Crippen molar-refractivity contribution in [1.29, 1.82) is 0 Å². The Kier molecular flexibility index (Phi) is 1.94. The van der Waals surface area contributed by atoms with Crippen molar-refractivity contribution in [3.05, 3.63) is 18.0 Å². The van der Waals surface area contributed by atoms with Crippen molar-refractivity contribution >= 4 is 12.4 Å². The summed E-state index contributed by atoms with van der Waals surface area (Å²) in [5.41, 5.74) is 0.812. The molecular formula is C6H7N3O. The molecule has 1 aromatic heterocycles. The van der Waals surface area contributed by atoms with E-state index in [-0.39, 0.29) is 0 Å². The van der Waals surface area contributed by atoms with Gasteiger partial charge in [-0.25, -0.2) is 4.68 Å². The molecule has 1 heterocycles. The highest BCUT2D eigenvalue weighted by Gasteiger charge is 1.90. The van der Waals surface area contributed by atoms with Crippen LogP contribution >= 0.6 is 0 Å². The fraction of sp³-hybridized carbons (Fsp3) is 0.167. The van der Waals surface area contributed by atoms with Crippen LogP contribution in [0.1, 0.15) is 5.69 Å². The van der Waals surface area contributed by atoms with Gasteiger partial charge >= 0.3 is 0 Å². The third-order valence-corrected chi connectivity index (χ3v) is 1.10. The first-order valence-electron chi connectivity index (χ1n) is 2.81. The number of carbonyl (C=O) groups is 1. The van der Waals surface area contributed by atoms with Gasteiger partial charge in [-0.2, -0.15) is 0 Å². The van der Waals surface area contributed by atoms with Gasteiger partial charge in [0.2, 0.25) is 0 Å². The van der Waals surface area contributed by atoms with Gasteiger partial charge < -0.3 is 0 Å². The molecule has 0 aliphatic carbocycles. The quantitative estimate of drug-likeness (QED) is 0.426. The van der Waals surface area contributed by atoms with E-state index in [0.29, 0.717) is 6.29 Å². The molecule has 0 atom stereocenters. The average Bonchev–Trinajstić information content (AvgIpc) is 2.31. The van der Waals surface area contributed by atoms with Crippen LogP contribution in [0.15, 0.2) is 12.3 Å². The fourth-order valence-electron chi connectivity index (χ4n) is 0.586. The third-order valence-electron chi connectivity index (χ3n) is 1.10. The normalized spacial score (nSPS) is 10.5. The summed E-state index contributed by atoms with van der Waals surface area (Å²) in [5.74, 6) is 0. The molecule has 0 N–H and O–H groups in total. The number of hydrogen-bond donors (Lipinski definition) is 0. The van der Waals surface area contributed by atoms with Gasteiger partial charge in [-0.3, -0.25) is 4.79 Å². The number of nitrogens with zero attached hydrogens (tertiary/aromatic N) is 3. The van der Waals surface area contributed by atoms with Crippen LogP contribution in [0.3, 0.4) is 0 Å². The minimum absolute atomic E-state index is 0.715. The highest BCUT2D eigenvalue weighted by Crippen LogP contribution is 1.94. The van der Waals surface area contributed by atoms with E-state index < -0.39 is 0 Å². The van der Waals surface area contributed by atoms with Gasteiger partial charge in [-0.15, -0.1) is 5.10 Å². The van der Waals surface area contributed by atoms with Crippen LogP contribution in [0.5, 0.6) is 0 Å². The van der Waals surface area contributed by atoms with Gasteiger partial charge in [0.1, 0.15) is 6.29 Å². The molecule has 0 radical (unpaired) electrons. The van der Waals surface area contributed by atoms with E-state index in [1.807, 2.05) is 0 Å². The fourth-order valence-corrected chi connectivity index (χ4v) is 0.586. The second-order valence-corrected chi connectivity index (χ2v) is 1.78. The minimum atomic E-state index is 0.715. The van der Waals surface area contributed by atoms with E-state index in [2.05, 4.69) is 10.3 Å². The monoisotopic (exact) mass is 137 g/mol. The third kappa shape index (κ3) is 1.28. The number of allylic oxidation sites excluding steroid dienone is 1. The first-order valence-corrected chi connectivity index (χ1v) is 2.81. The predicted octanol–water partition coefficient (Wildman–Crippen LogP) is 0.0272. The highest BCUT2D eigenvalue weighted by molar-refractivity contribution is 5.72. The molecule has 0 aliphatic rings. The lowest BCUT2D eigenvalue weighted by Crippen LogP contribution is -1.92. The number of carbonyl (C=O) groups excluding carboxylic acids is 1. The number of hydrogen-bond acceptors (Lipinski definition) is 3. The molecule has 0 spiro atoms. The van der Waals surface area contributed by atoms with Crippen LogP contribution in [0.25, 0.3) is 6.08 Å². The van der Waals surface area contributed by atoms with Crippen molar-refractivity contribution < 1.29 is 4.79 Å². The summed E-state index contributed by atoms with van der Waals surface area (Å²) < 4.78 is 1.58. The Bertz CT molecular complexity index is 251. The lowest BCUT2D eigenvalue weighted by atomic mass is 10.4. The standard InChI is InChI=1S/C6H7N3O/c1-9-6(3-2-4-10)5-7-8-9/h2-5H,1H3/b3-2+. The summed E-state index contributed by atoms with van der Waals surface area (Å²) in [6.45, 7) is 0. The predicted molar refractivity (Wildman–Crippen MR) is 36.1 cm³/mol. The highest BCUT2D eigenvalue weighted by atomic mass is 16.1. The molecule has 0 saturated carbocycles. The van der Waals surface area contributed by atoms with Gasteiger partial charge in [0, 0.05) is 7.05 Å². The largest absolute Gasteiger partial charge is 0.299 e. The number of aldehydes is 1. The molecule has 0 saturated heterocycles. The van der Waals surface area contributed by atoms with Gasteiger partial charge in [0.15, 0.2) is 0 Å². The van der Waals surface area contributed by atoms with Crippen molar-refractivity contribution in [1.82, 2.24) is 15.0 Å². The van der Waals surface area contributed by atoms with Crippen molar-refractivity contribution in [3.8, 4) is 0 Å². The Morgan fingerprint density at radius 2 is 2.50 bits per heavy atom. The van der Waals surface area contributed by atoms with E-state index in [0.717, 1.165) is 5.69 Å². The molecule has 10 heavy (non-hydrogen) atoms. The molecule has 52 valence electrons. The Balaban J connectivity index is 2.83. The molecule has 0 amide bonds. The van der Waals surface area contributed by atoms with Gasteiger partial charge in [0.25, 0.3) is 0 Å². The molecule has 0 aromatic carbocycles. The van der Waals surface area contributed by atoms with Crippen LogP contribution < -0.4 is 0 Å². The number of aryl methyl sites for hydroxylation is 1. The molecule has 1 aromatic rings. The summed E-state index contributed by atoms with van der Waals surface area (Å²) in [7, 11) is 1.76. The van der Waals surface area contributed by atoms with Crippen molar-refractivity contribution in [2.24, 2.45) is 7.05 Å². The minimum Gasteiger partial charge on any atom is -0.299 e. The summed E-state index contributed by atoms with van der Waals surface area (Å²) in [5, 5.41) is 7.29. The zero-order chi connectivity index (χ0) is 7.40. The molecule has 4 heteroatoms. The maximum atomic E-state index is 9.87. The first-order chi connectivity index (χ1) is 4.84. The summed E-state index contributed by atoms with van der Waals surface area (Å²) in [6.07, 6.45) is 5.35. The average molecular weight is 137 g/mol. The van der Waals surface area contributed by atoms with Crippen LogP contribution in [-0.4, -0.2) is 21.3 Å². The second-order valence-electron chi connectivity index (χ2n) is 1.78. The lowest BCUT2D eigenvalue weighted by Gasteiger charge is -1.87. The van der Waals surface area contributed by atoms with Crippen LogP contribution in [0, 0.1) is 0 Å². The molecule has 0 bridgehead atoms. The SMILES string of the molecule is Cn1nncc1/C=C/C=O. The first kappa shape index (κ1) is 6.67. The molecule has 0 fully saturated rings. The van der Waals surface area contributed by atoms with E-state index in [9.17, 15) is 4.79 Å². The second kappa shape index (κ2) is 2.91. The van der Waals surface area contributed by atoms with Crippen LogP contribution in [0.2, 0.25) is 0 Å². The summed E-state index contributed by atoms with van der Waals surface area (Å²) >= 11 is 0. The topological polar surface area (TPSA) is 47.8 Å². The zero-order valence-electron chi connectivity index (χ0n) is 5.56. The number of rotatable bonds is 2. The van der Waals surface area contributed by atoms with E-state index in [1.54, 1.807) is 24.0 Å². The zero-order valence-corrected chi connectivity index (χ0v) is 5.56. The smallest absolute Gasteiger partial charge is 0.142 e. The Morgan fingerprint density at radius 1 is 1.70 bits per heavy atom. The van der Waals surface area contributed by atoms with Crippen molar-refractivity contribution in [2.45, 2.75) is 0 Å². The Hall–Kier alpha value is -1.45. The van der Waals surface area contributed by atoms with Gasteiger partial charge in [-0.05, 0) is 12.2 Å². The van der Waals surface area contributed by atoms with E-state index >= 15 is 0 Å². The summed E-state index contributed by atoms with van der Waals surface area (Å²) in [4.78, 5) is 9.87. The molecule has 1 rings (SSSR count). The molecule has 4 nitrogen and oxygen atoms in total. The van der Waals surface area contributed by atoms with Crippen LogP contribution in [-0.2, 0) is 11.8 Å². The maximum absolute atomic E-state index is 9.87. The molecule has 0 aliphatic heterocycles. The maximum Gasteiger partial charge on any atom is 0.142 e. The Labute approximate surface area is 58.2 Å². The van der Waals surface area contributed by atoms with Crippen molar-refractivity contribution in [2.75, 3.05) is 0 Å². The number of aromatic nitrogens is 3. The summed E-state index contributed by atoms with van der Waals surface area (Å²) in [6, 6.07) is 0. The van der Waals surface area contributed by atoms with Crippen molar-refractivity contribution in [3.63, 3.8) is 0 Å².